The molecule has 0 radical (unpaired) electrons. The Morgan fingerprint density at radius 1 is 1.29 bits per heavy atom. The maximum atomic E-state index is 12.1. The number of hydrogen-bond acceptors (Lipinski definition) is 5. The predicted molar refractivity (Wildman–Crippen MR) is 97.5 cm³/mol. The molecule has 2 aliphatic rings. The number of thioether (sulfide) groups is 1. The Morgan fingerprint density at radius 2 is 2.00 bits per heavy atom. The second-order valence-corrected chi connectivity index (χ2v) is 7.32. The summed E-state index contributed by atoms with van der Waals surface area (Å²) in [4.78, 5) is 28.1. The highest BCUT2D eigenvalue weighted by Crippen LogP contribution is 2.16. The number of nitrogens with one attached hydrogen (secondary N) is 2. The van der Waals surface area contributed by atoms with E-state index in [9.17, 15) is 9.59 Å². The molecule has 7 heteroatoms. The predicted octanol–water partition coefficient (Wildman–Crippen LogP) is 1.14. The van der Waals surface area contributed by atoms with E-state index in [0.29, 0.717) is 5.75 Å². The highest BCUT2D eigenvalue weighted by Gasteiger charge is 2.29. The van der Waals surface area contributed by atoms with Crippen LogP contribution in [0.5, 0.6) is 0 Å². The summed E-state index contributed by atoms with van der Waals surface area (Å²) in [6.07, 6.45) is 0. The number of piperazine rings is 1. The number of nitrogens with zero attached hydrogens (tertiary/aromatic N) is 2. The van der Waals surface area contributed by atoms with Gasteiger partial charge in [-0.3, -0.25) is 14.5 Å². The molecule has 2 saturated heterocycles. The number of anilines is 1. The SMILES string of the molecule is C[C@H](CN1CCN(c2ccccc2)CC1)NC(=O)[C@H]1CSC(=O)N1. The highest BCUT2D eigenvalue weighted by molar-refractivity contribution is 8.14. The van der Waals surface area contributed by atoms with Crippen molar-refractivity contribution < 1.29 is 9.59 Å². The summed E-state index contributed by atoms with van der Waals surface area (Å²) in [5, 5.41) is 5.58. The van der Waals surface area contributed by atoms with Crippen LogP contribution in [0.1, 0.15) is 6.92 Å². The number of para-hydroxylation sites is 1. The Labute approximate surface area is 146 Å². The minimum atomic E-state index is -0.389. The van der Waals surface area contributed by atoms with E-state index in [0.717, 1.165) is 32.7 Å². The quantitative estimate of drug-likeness (QED) is 0.835. The van der Waals surface area contributed by atoms with Crippen molar-refractivity contribution in [1.82, 2.24) is 15.5 Å². The summed E-state index contributed by atoms with van der Waals surface area (Å²) in [6.45, 7) is 6.84. The molecule has 2 N–H and O–H groups in total. The van der Waals surface area contributed by atoms with Gasteiger partial charge in [0.15, 0.2) is 0 Å². The molecular formula is C17H24N4O2S. The van der Waals surface area contributed by atoms with Crippen LogP contribution in [0.4, 0.5) is 10.5 Å². The summed E-state index contributed by atoms with van der Waals surface area (Å²) < 4.78 is 0. The van der Waals surface area contributed by atoms with Crippen LogP contribution in [0.15, 0.2) is 30.3 Å². The first-order valence-electron chi connectivity index (χ1n) is 8.38. The molecule has 0 aliphatic carbocycles. The molecule has 6 nitrogen and oxygen atoms in total. The molecule has 0 unspecified atom stereocenters. The minimum absolute atomic E-state index is 0.0725. The van der Waals surface area contributed by atoms with Crippen LogP contribution in [0.2, 0.25) is 0 Å². The number of carbonyl (C=O) groups is 2. The number of benzene rings is 1. The van der Waals surface area contributed by atoms with E-state index in [1.807, 2.05) is 13.0 Å². The summed E-state index contributed by atoms with van der Waals surface area (Å²) in [6, 6.07) is 10.1. The molecule has 2 aliphatic heterocycles. The Hall–Kier alpha value is -1.73. The Morgan fingerprint density at radius 3 is 2.62 bits per heavy atom. The monoisotopic (exact) mass is 348 g/mol. The first-order valence-corrected chi connectivity index (χ1v) is 9.36. The van der Waals surface area contributed by atoms with Gasteiger partial charge in [0.25, 0.3) is 5.24 Å². The fraction of sp³-hybridized carbons (Fsp3) is 0.529. The van der Waals surface area contributed by atoms with E-state index < -0.39 is 0 Å². The molecule has 3 rings (SSSR count). The van der Waals surface area contributed by atoms with Gasteiger partial charge in [-0.2, -0.15) is 0 Å². The molecular weight excluding hydrogens is 324 g/mol. The fourth-order valence-corrected chi connectivity index (χ4v) is 3.91. The molecule has 2 heterocycles. The topological polar surface area (TPSA) is 64.7 Å². The number of hydrogen-bond donors (Lipinski definition) is 2. The third-order valence-corrected chi connectivity index (χ3v) is 5.28. The third-order valence-electron chi connectivity index (χ3n) is 4.40. The lowest BCUT2D eigenvalue weighted by atomic mass is 10.2. The van der Waals surface area contributed by atoms with Crippen molar-refractivity contribution in [1.29, 1.82) is 0 Å². The number of carbonyl (C=O) groups excluding carboxylic acids is 2. The van der Waals surface area contributed by atoms with Gasteiger partial charge in [-0.15, -0.1) is 0 Å². The van der Waals surface area contributed by atoms with Gasteiger partial charge in [0, 0.05) is 50.2 Å². The van der Waals surface area contributed by atoms with Gasteiger partial charge in [0.2, 0.25) is 5.91 Å². The highest BCUT2D eigenvalue weighted by atomic mass is 32.2. The van der Waals surface area contributed by atoms with Gasteiger partial charge in [0.05, 0.1) is 0 Å². The van der Waals surface area contributed by atoms with Crippen LogP contribution in [0.25, 0.3) is 0 Å². The molecule has 0 saturated carbocycles. The maximum absolute atomic E-state index is 12.1. The van der Waals surface area contributed by atoms with Crippen molar-refractivity contribution in [2.24, 2.45) is 0 Å². The molecule has 0 bridgehead atoms. The van der Waals surface area contributed by atoms with Crippen LogP contribution < -0.4 is 15.5 Å². The maximum Gasteiger partial charge on any atom is 0.279 e. The van der Waals surface area contributed by atoms with Gasteiger partial charge < -0.3 is 15.5 Å². The van der Waals surface area contributed by atoms with E-state index in [2.05, 4.69) is 44.7 Å². The zero-order valence-corrected chi connectivity index (χ0v) is 14.7. The molecule has 2 atom stereocenters. The average molecular weight is 348 g/mol. The lowest BCUT2D eigenvalue weighted by Crippen LogP contribution is -2.53. The standard InChI is InChI=1S/C17H24N4O2S/c1-13(18-16(22)15-12-24-17(23)19-15)11-20-7-9-21(10-8-20)14-5-3-2-4-6-14/h2-6,13,15H,7-12H2,1H3,(H,18,22)(H,19,23)/t13-,15-/m1/s1. The normalized spacial score (nSPS) is 23.0. The van der Waals surface area contributed by atoms with E-state index >= 15 is 0 Å². The van der Waals surface area contributed by atoms with Crippen LogP contribution in [0, 0.1) is 0 Å². The fourth-order valence-electron chi connectivity index (χ4n) is 3.13. The minimum Gasteiger partial charge on any atom is -0.369 e. The summed E-state index contributed by atoms with van der Waals surface area (Å²) >= 11 is 1.17. The van der Waals surface area contributed by atoms with Crippen molar-refractivity contribution in [3.63, 3.8) is 0 Å². The van der Waals surface area contributed by atoms with Crippen LogP contribution in [-0.2, 0) is 4.79 Å². The number of amides is 2. The molecule has 1 aromatic carbocycles. The zero-order chi connectivity index (χ0) is 16.9. The molecule has 0 spiro atoms. The summed E-state index contributed by atoms with van der Waals surface area (Å²) in [5.41, 5.74) is 1.27. The van der Waals surface area contributed by atoms with Crippen LogP contribution in [-0.4, -0.2) is 66.6 Å². The third kappa shape index (κ3) is 4.42. The van der Waals surface area contributed by atoms with E-state index in [1.54, 1.807) is 0 Å². The van der Waals surface area contributed by atoms with Gasteiger partial charge in [-0.1, -0.05) is 30.0 Å². The van der Waals surface area contributed by atoms with Crippen molar-refractivity contribution >= 4 is 28.6 Å². The van der Waals surface area contributed by atoms with E-state index in [4.69, 9.17) is 0 Å². The van der Waals surface area contributed by atoms with Gasteiger partial charge in [-0.05, 0) is 19.1 Å². The van der Waals surface area contributed by atoms with Gasteiger partial charge in [0.1, 0.15) is 6.04 Å². The lowest BCUT2D eigenvalue weighted by molar-refractivity contribution is -0.123. The second-order valence-electron chi connectivity index (χ2n) is 6.33. The van der Waals surface area contributed by atoms with Crippen molar-refractivity contribution in [2.45, 2.75) is 19.0 Å². The first-order chi connectivity index (χ1) is 11.6. The Bertz CT molecular complexity index is 575. The molecule has 2 fully saturated rings. The molecule has 2 amide bonds. The first kappa shape index (κ1) is 17.1. The van der Waals surface area contributed by atoms with Gasteiger partial charge >= 0.3 is 0 Å². The van der Waals surface area contributed by atoms with Crippen LogP contribution >= 0.6 is 11.8 Å². The molecule has 1 aromatic rings. The zero-order valence-electron chi connectivity index (χ0n) is 13.9. The molecule has 0 aromatic heterocycles. The second kappa shape index (κ2) is 7.90. The Balaban J connectivity index is 1.41. The van der Waals surface area contributed by atoms with Crippen molar-refractivity contribution in [2.75, 3.05) is 43.4 Å². The van der Waals surface area contributed by atoms with Crippen LogP contribution in [0.3, 0.4) is 0 Å². The van der Waals surface area contributed by atoms with Gasteiger partial charge in [-0.25, -0.2) is 0 Å². The molecule has 24 heavy (non-hydrogen) atoms. The van der Waals surface area contributed by atoms with E-state index in [1.165, 1.54) is 17.4 Å². The van der Waals surface area contributed by atoms with Crippen molar-refractivity contribution in [3.05, 3.63) is 30.3 Å². The number of rotatable bonds is 5. The Kier molecular flexibility index (Phi) is 5.63. The smallest absolute Gasteiger partial charge is 0.279 e. The largest absolute Gasteiger partial charge is 0.369 e. The summed E-state index contributed by atoms with van der Waals surface area (Å²) in [5.74, 6) is 0.441. The average Bonchev–Trinajstić information content (AvgIpc) is 3.03. The van der Waals surface area contributed by atoms with Crippen molar-refractivity contribution in [3.8, 4) is 0 Å². The molecule has 130 valence electrons. The van der Waals surface area contributed by atoms with E-state index in [-0.39, 0.29) is 23.2 Å². The summed E-state index contributed by atoms with van der Waals surface area (Å²) in [7, 11) is 0. The lowest BCUT2D eigenvalue weighted by Gasteiger charge is -2.37.